The Morgan fingerprint density at radius 2 is 2.04 bits per heavy atom. The van der Waals surface area contributed by atoms with Crippen LogP contribution in [0, 0.1) is 0 Å². The number of aromatic nitrogens is 3. The smallest absolute Gasteiger partial charge is 0.252 e. The SMILES string of the molecule is O=C(NCCNc1cc(N2CCCC2)cnn1)c1cc2ccccn2c1. The molecule has 0 atom stereocenters. The molecule has 0 aromatic carbocycles. The van der Waals surface area contributed by atoms with Gasteiger partial charge in [-0.05, 0) is 31.0 Å². The van der Waals surface area contributed by atoms with Gasteiger partial charge in [-0.1, -0.05) is 6.07 Å². The van der Waals surface area contributed by atoms with E-state index in [1.807, 2.05) is 47.1 Å². The lowest BCUT2D eigenvalue weighted by molar-refractivity contribution is 0.0955. The van der Waals surface area contributed by atoms with E-state index in [4.69, 9.17) is 0 Å². The number of fused-ring (bicyclic) bond motifs is 1. The molecular formula is C19H22N6O. The van der Waals surface area contributed by atoms with E-state index in [9.17, 15) is 4.79 Å². The average Bonchev–Trinajstić information content (AvgIpc) is 3.35. The molecule has 0 aliphatic carbocycles. The number of hydrogen-bond acceptors (Lipinski definition) is 5. The van der Waals surface area contributed by atoms with Crippen LogP contribution in [0.3, 0.4) is 0 Å². The third-order valence-corrected chi connectivity index (χ3v) is 4.59. The number of pyridine rings is 1. The number of carbonyl (C=O) groups is 1. The van der Waals surface area contributed by atoms with Gasteiger partial charge in [0.05, 0.1) is 17.4 Å². The van der Waals surface area contributed by atoms with E-state index in [1.54, 1.807) is 6.20 Å². The Balaban J connectivity index is 1.28. The number of anilines is 2. The maximum absolute atomic E-state index is 12.3. The van der Waals surface area contributed by atoms with Crippen molar-refractivity contribution >= 4 is 22.9 Å². The van der Waals surface area contributed by atoms with E-state index in [-0.39, 0.29) is 5.91 Å². The molecule has 7 nitrogen and oxygen atoms in total. The fourth-order valence-electron chi connectivity index (χ4n) is 3.24. The molecule has 4 heterocycles. The van der Waals surface area contributed by atoms with E-state index in [0.717, 1.165) is 30.1 Å². The minimum atomic E-state index is -0.0765. The van der Waals surface area contributed by atoms with Crippen molar-refractivity contribution < 1.29 is 4.79 Å². The van der Waals surface area contributed by atoms with E-state index in [0.29, 0.717) is 18.7 Å². The van der Waals surface area contributed by atoms with Crippen molar-refractivity contribution in [2.45, 2.75) is 12.8 Å². The van der Waals surface area contributed by atoms with Gasteiger partial charge in [0.1, 0.15) is 0 Å². The summed E-state index contributed by atoms with van der Waals surface area (Å²) in [7, 11) is 0. The van der Waals surface area contributed by atoms with E-state index >= 15 is 0 Å². The van der Waals surface area contributed by atoms with E-state index in [2.05, 4.69) is 25.7 Å². The molecule has 0 radical (unpaired) electrons. The Kier molecular flexibility index (Phi) is 4.68. The van der Waals surface area contributed by atoms with Gasteiger partial charge in [-0.3, -0.25) is 4.79 Å². The van der Waals surface area contributed by atoms with E-state index in [1.165, 1.54) is 12.8 Å². The molecular weight excluding hydrogens is 328 g/mol. The largest absolute Gasteiger partial charge is 0.370 e. The van der Waals surface area contributed by atoms with Gasteiger partial charge in [0.15, 0.2) is 5.82 Å². The van der Waals surface area contributed by atoms with Gasteiger partial charge in [0.2, 0.25) is 0 Å². The second-order valence-electron chi connectivity index (χ2n) is 6.44. The minimum Gasteiger partial charge on any atom is -0.370 e. The fourth-order valence-corrected chi connectivity index (χ4v) is 3.24. The number of amides is 1. The summed E-state index contributed by atoms with van der Waals surface area (Å²) in [6.07, 6.45) is 8.02. The molecule has 0 saturated carbocycles. The molecule has 26 heavy (non-hydrogen) atoms. The van der Waals surface area contributed by atoms with Gasteiger partial charge in [0, 0.05) is 50.2 Å². The van der Waals surface area contributed by atoms with Crippen molar-refractivity contribution in [1.82, 2.24) is 19.9 Å². The lowest BCUT2D eigenvalue weighted by atomic mass is 10.3. The van der Waals surface area contributed by atoms with Gasteiger partial charge in [0.25, 0.3) is 5.91 Å². The van der Waals surface area contributed by atoms with Crippen LogP contribution < -0.4 is 15.5 Å². The minimum absolute atomic E-state index is 0.0765. The van der Waals surface area contributed by atoms with Crippen LogP contribution in [0.5, 0.6) is 0 Å². The van der Waals surface area contributed by atoms with Crippen LogP contribution in [-0.2, 0) is 0 Å². The van der Waals surface area contributed by atoms with Gasteiger partial charge in [-0.15, -0.1) is 5.10 Å². The zero-order valence-electron chi connectivity index (χ0n) is 14.6. The highest BCUT2D eigenvalue weighted by Gasteiger charge is 2.13. The standard InChI is InChI=1S/C19H22N6O/c26-19(15-11-16-5-1-2-10-25(16)14-15)21-7-6-20-18-12-17(13-22-23-18)24-8-3-4-9-24/h1-2,5,10-14H,3-4,6-9H2,(H,20,23)(H,21,26). The van der Waals surface area contributed by atoms with Crippen LogP contribution in [0.4, 0.5) is 11.5 Å². The molecule has 3 aromatic heterocycles. The average molecular weight is 350 g/mol. The molecule has 0 bridgehead atoms. The lowest BCUT2D eigenvalue weighted by Crippen LogP contribution is -2.28. The molecule has 1 aliphatic rings. The molecule has 1 saturated heterocycles. The van der Waals surface area contributed by atoms with Crippen LogP contribution in [0.15, 0.2) is 48.9 Å². The highest BCUT2D eigenvalue weighted by Crippen LogP contribution is 2.20. The van der Waals surface area contributed by atoms with Crippen molar-refractivity contribution in [1.29, 1.82) is 0 Å². The van der Waals surface area contributed by atoms with E-state index < -0.39 is 0 Å². The number of hydrogen-bond donors (Lipinski definition) is 2. The number of nitrogens with zero attached hydrogens (tertiary/aromatic N) is 4. The highest BCUT2D eigenvalue weighted by atomic mass is 16.1. The summed E-state index contributed by atoms with van der Waals surface area (Å²) >= 11 is 0. The Morgan fingerprint density at radius 1 is 1.15 bits per heavy atom. The molecule has 1 amide bonds. The van der Waals surface area contributed by atoms with Crippen LogP contribution in [0.2, 0.25) is 0 Å². The van der Waals surface area contributed by atoms with Crippen LogP contribution in [0.25, 0.3) is 5.52 Å². The summed E-state index contributed by atoms with van der Waals surface area (Å²) in [5, 5.41) is 14.3. The third kappa shape index (κ3) is 3.61. The van der Waals surface area contributed by atoms with Crippen molar-refractivity contribution in [2.24, 2.45) is 0 Å². The van der Waals surface area contributed by atoms with Crippen LogP contribution in [0.1, 0.15) is 23.2 Å². The number of nitrogens with one attached hydrogen (secondary N) is 2. The fraction of sp³-hybridized carbons (Fsp3) is 0.316. The molecule has 2 N–H and O–H groups in total. The monoisotopic (exact) mass is 350 g/mol. The van der Waals surface area contributed by atoms with Crippen LogP contribution in [-0.4, -0.2) is 46.7 Å². The summed E-state index contributed by atoms with van der Waals surface area (Å²) in [4.78, 5) is 14.6. The summed E-state index contributed by atoms with van der Waals surface area (Å²) in [6, 6.07) is 9.77. The first-order valence-corrected chi connectivity index (χ1v) is 8.96. The molecule has 0 unspecified atom stereocenters. The molecule has 0 spiro atoms. The molecule has 134 valence electrons. The van der Waals surface area contributed by atoms with Gasteiger partial charge in [-0.2, -0.15) is 5.10 Å². The zero-order valence-corrected chi connectivity index (χ0v) is 14.6. The molecule has 1 fully saturated rings. The highest BCUT2D eigenvalue weighted by molar-refractivity contribution is 5.95. The Morgan fingerprint density at radius 3 is 2.88 bits per heavy atom. The van der Waals surface area contributed by atoms with Gasteiger partial charge in [-0.25, -0.2) is 0 Å². The second kappa shape index (κ2) is 7.43. The van der Waals surface area contributed by atoms with Crippen molar-refractivity contribution in [3.63, 3.8) is 0 Å². The van der Waals surface area contributed by atoms with Gasteiger partial charge >= 0.3 is 0 Å². The first-order chi connectivity index (χ1) is 12.8. The van der Waals surface area contributed by atoms with Crippen molar-refractivity contribution in [2.75, 3.05) is 36.4 Å². The van der Waals surface area contributed by atoms with Crippen LogP contribution >= 0.6 is 0 Å². The maximum Gasteiger partial charge on any atom is 0.252 e. The maximum atomic E-state index is 12.3. The normalized spacial score (nSPS) is 13.9. The Bertz CT molecular complexity index is 867. The predicted molar refractivity (Wildman–Crippen MR) is 102 cm³/mol. The first-order valence-electron chi connectivity index (χ1n) is 8.96. The Hall–Kier alpha value is -3.09. The quantitative estimate of drug-likeness (QED) is 0.667. The topological polar surface area (TPSA) is 74.6 Å². The Labute approximate surface area is 152 Å². The summed E-state index contributed by atoms with van der Waals surface area (Å²) in [6.45, 7) is 3.26. The summed E-state index contributed by atoms with van der Waals surface area (Å²) in [5.74, 6) is 0.658. The molecule has 3 aromatic rings. The first kappa shape index (κ1) is 16.4. The zero-order chi connectivity index (χ0) is 17.8. The number of rotatable bonds is 6. The number of carbonyl (C=O) groups excluding carboxylic acids is 1. The summed E-state index contributed by atoms with van der Waals surface area (Å²) < 4.78 is 1.94. The third-order valence-electron chi connectivity index (χ3n) is 4.59. The van der Waals surface area contributed by atoms with Crippen molar-refractivity contribution in [3.8, 4) is 0 Å². The van der Waals surface area contributed by atoms with Gasteiger partial charge < -0.3 is 19.9 Å². The lowest BCUT2D eigenvalue weighted by Gasteiger charge is -2.17. The molecule has 1 aliphatic heterocycles. The predicted octanol–water partition coefficient (Wildman–Crippen LogP) is 2.17. The van der Waals surface area contributed by atoms with Crippen molar-refractivity contribution in [3.05, 3.63) is 54.5 Å². The molecule has 7 heteroatoms. The molecule has 4 rings (SSSR count). The summed E-state index contributed by atoms with van der Waals surface area (Å²) in [5.41, 5.74) is 2.77. The second-order valence-corrected chi connectivity index (χ2v) is 6.44.